The molecule has 0 unspecified atom stereocenters. The maximum absolute atomic E-state index is 13.3. The molecule has 7 nitrogen and oxygen atoms in total. The highest BCUT2D eigenvalue weighted by atomic mass is 19.1. The van der Waals surface area contributed by atoms with E-state index in [2.05, 4.69) is 15.6 Å². The Balaban J connectivity index is 1.66. The van der Waals surface area contributed by atoms with Crippen LogP contribution in [0, 0.1) is 5.82 Å². The Hall–Kier alpha value is -4.59. The molecule has 3 amide bonds. The van der Waals surface area contributed by atoms with E-state index in [4.69, 9.17) is 5.73 Å². The second kappa shape index (κ2) is 9.27. The topological polar surface area (TPSA) is 114 Å². The summed E-state index contributed by atoms with van der Waals surface area (Å²) in [4.78, 5) is 40.9. The Kier molecular flexibility index (Phi) is 6.08. The molecule has 0 saturated heterocycles. The number of aromatic nitrogens is 1. The fraction of sp³-hybridized carbons (Fsp3) is 0.0400. The summed E-state index contributed by atoms with van der Waals surface area (Å²) in [6.45, 7) is -0.287. The molecule has 0 aliphatic heterocycles. The van der Waals surface area contributed by atoms with Gasteiger partial charge in [0, 0.05) is 22.2 Å². The van der Waals surface area contributed by atoms with Crippen molar-refractivity contribution in [1.29, 1.82) is 0 Å². The number of nitrogens with zero attached hydrogens (tertiary/aromatic N) is 1. The molecule has 8 heteroatoms. The largest absolute Gasteiger partial charge is 0.368 e. The van der Waals surface area contributed by atoms with Crippen LogP contribution in [0.15, 0.2) is 78.9 Å². The number of carbonyl (C=O) groups excluding carboxylic acids is 3. The number of nitrogens with two attached hydrogens (primary N) is 1. The molecule has 3 aromatic carbocycles. The van der Waals surface area contributed by atoms with Crippen LogP contribution in [-0.2, 0) is 4.79 Å². The number of hydrogen-bond acceptors (Lipinski definition) is 4. The number of rotatable bonds is 6. The molecule has 0 bridgehead atoms. The van der Waals surface area contributed by atoms with Gasteiger partial charge in [0.1, 0.15) is 5.82 Å². The summed E-state index contributed by atoms with van der Waals surface area (Å²) in [6, 6.07) is 21.0. The first kappa shape index (κ1) is 21.6. The summed E-state index contributed by atoms with van der Waals surface area (Å²) in [5, 5.41) is 5.85. The van der Waals surface area contributed by atoms with Crippen LogP contribution in [0.1, 0.15) is 20.7 Å². The first-order chi connectivity index (χ1) is 15.9. The van der Waals surface area contributed by atoms with Crippen LogP contribution >= 0.6 is 0 Å². The van der Waals surface area contributed by atoms with Crippen LogP contribution in [0.4, 0.5) is 10.1 Å². The van der Waals surface area contributed by atoms with E-state index in [1.807, 2.05) is 12.1 Å². The highest BCUT2D eigenvalue weighted by Crippen LogP contribution is 2.26. The fourth-order valence-electron chi connectivity index (χ4n) is 3.34. The van der Waals surface area contributed by atoms with Crippen LogP contribution in [0.5, 0.6) is 0 Å². The van der Waals surface area contributed by atoms with Crippen LogP contribution in [0.3, 0.4) is 0 Å². The van der Waals surface area contributed by atoms with Crippen molar-refractivity contribution in [2.75, 3.05) is 11.9 Å². The van der Waals surface area contributed by atoms with Gasteiger partial charge in [0.05, 0.1) is 23.3 Å². The zero-order chi connectivity index (χ0) is 23.4. The average molecular weight is 442 g/mol. The summed E-state index contributed by atoms with van der Waals surface area (Å²) in [7, 11) is 0. The van der Waals surface area contributed by atoms with Crippen molar-refractivity contribution in [3.63, 3.8) is 0 Å². The number of anilines is 1. The van der Waals surface area contributed by atoms with Crippen LogP contribution in [0.2, 0.25) is 0 Å². The second-order valence-electron chi connectivity index (χ2n) is 7.26. The normalized spacial score (nSPS) is 10.6. The zero-order valence-electron chi connectivity index (χ0n) is 17.3. The van der Waals surface area contributed by atoms with Crippen LogP contribution in [0.25, 0.3) is 22.2 Å². The minimum absolute atomic E-state index is 0.264. The van der Waals surface area contributed by atoms with E-state index in [1.165, 1.54) is 18.2 Å². The number of para-hydroxylation sites is 1. The number of primary amides is 1. The van der Waals surface area contributed by atoms with Crippen molar-refractivity contribution in [2.24, 2.45) is 5.73 Å². The van der Waals surface area contributed by atoms with E-state index < -0.39 is 17.7 Å². The molecule has 164 valence electrons. The van der Waals surface area contributed by atoms with Crippen molar-refractivity contribution in [3.8, 4) is 11.3 Å². The van der Waals surface area contributed by atoms with E-state index >= 15 is 0 Å². The lowest BCUT2D eigenvalue weighted by Gasteiger charge is -2.11. The van der Waals surface area contributed by atoms with Gasteiger partial charge in [0.25, 0.3) is 11.8 Å². The van der Waals surface area contributed by atoms with Crippen molar-refractivity contribution in [1.82, 2.24) is 10.3 Å². The molecule has 0 aliphatic carbocycles. The third-order valence-corrected chi connectivity index (χ3v) is 4.91. The van der Waals surface area contributed by atoms with E-state index in [-0.39, 0.29) is 17.9 Å². The van der Waals surface area contributed by atoms with Gasteiger partial charge in [-0.1, -0.05) is 24.3 Å². The summed E-state index contributed by atoms with van der Waals surface area (Å²) in [5.41, 5.74) is 7.91. The molecule has 1 aromatic heterocycles. The Morgan fingerprint density at radius 3 is 2.39 bits per heavy atom. The number of hydrogen-bond donors (Lipinski definition) is 3. The minimum atomic E-state index is -0.658. The molecule has 1 heterocycles. The molecular formula is C25H19FN4O3. The van der Waals surface area contributed by atoms with Gasteiger partial charge in [-0.2, -0.15) is 0 Å². The number of fused-ring (bicyclic) bond motifs is 1. The van der Waals surface area contributed by atoms with Crippen LogP contribution < -0.4 is 16.4 Å². The zero-order valence-corrected chi connectivity index (χ0v) is 17.3. The molecule has 0 atom stereocenters. The third kappa shape index (κ3) is 5.01. The monoisotopic (exact) mass is 442 g/mol. The van der Waals surface area contributed by atoms with Gasteiger partial charge in [-0.3, -0.25) is 14.4 Å². The number of amides is 3. The second-order valence-corrected chi connectivity index (χ2v) is 7.26. The number of nitrogens with one attached hydrogen (secondary N) is 2. The number of benzene rings is 3. The number of halogens is 1. The Morgan fingerprint density at radius 2 is 1.64 bits per heavy atom. The molecule has 0 radical (unpaired) electrons. The average Bonchev–Trinajstić information content (AvgIpc) is 2.82. The molecule has 0 aliphatic rings. The van der Waals surface area contributed by atoms with Crippen molar-refractivity contribution >= 4 is 34.3 Å². The molecule has 4 N–H and O–H groups in total. The number of pyridine rings is 1. The SMILES string of the molecule is NC(=O)CNC(=O)c1cccc(NC(=O)c2cc(-c3ccc(F)cc3)nc3ccccc23)c1. The van der Waals surface area contributed by atoms with E-state index in [0.29, 0.717) is 33.4 Å². The van der Waals surface area contributed by atoms with Crippen LogP contribution in [-0.4, -0.2) is 29.3 Å². The Morgan fingerprint density at radius 1 is 0.879 bits per heavy atom. The molecule has 0 saturated carbocycles. The Labute approximate surface area is 188 Å². The third-order valence-electron chi connectivity index (χ3n) is 4.91. The van der Waals surface area contributed by atoms with Crippen molar-refractivity contribution in [3.05, 3.63) is 95.8 Å². The summed E-state index contributed by atoms with van der Waals surface area (Å²) in [5.74, 6) is -1.91. The van der Waals surface area contributed by atoms with Gasteiger partial charge in [-0.05, 0) is 54.6 Å². The first-order valence-corrected chi connectivity index (χ1v) is 10.0. The highest BCUT2D eigenvalue weighted by molar-refractivity contribution is 6.13. The first-order valence-electron chi connectivity index (χ1n) is 10.0. The summed E-state index contributed by atoms with van der Waals surface area (Å²) in [6.07, 6.45) is 0. The standard InChI is InChI=1S/C25H19FN4O3/c26-17-10-8-15(9-11-17)22-13-20(19-6-1-2-7-21(19)30-22)25(33)29-18-5-3-4-16(12-18)24(32)28-14-23(27)31/h1-13H,14H2,(H2,27,31)(H,28,32)(H,29,33). The summed E-state index contributed by atoms with van der Waals surface area (Å²) < 4.78 is 13.3. The molecular weight excluding hydrogens is 423 g/mol. The lowest BCUT2D eigenvalue weighted by Crippen LogP contribution is -2.33. The lowest BCUT2D eigenvalue weighted by molar-refractivity contribution is -0.117. The van der Waals surface area contributed by atoms with Gasteiger partial charge < -0.3 is 16.4 Å². The van der Waals surface area contributed by atoms with E-state index in [0.717, 1.165) is 0 Å². The smallest absolute Gasteiger partial charge is 0.256 e. The highest BCUT2D eigenvalue weighted by Gasteiger charge is 2.15. The van der Waals surface area contributed by atoms with Crippen molar-refractivity contribution < 1.29 is 18.8 Å². The molecule has 0 fully saturated rings. The lowest BCUT2D eigenvalue weighted by atomic mass is 10.0. The maximum Gasteiger partial charge on any atom is 0.256 e. The maximum atomic E-state index is 13.3. The molecule has 0 spiro atoms. The molecule has 4 aromatic rings. The van der Waals surface area contributed by atoms with Gasteiger partial charge in [-0.25, -0.2) is 9.37 Å². The summed E-state index contributed by atoms with van der Waals surface area (Å²) >= 11 is 0. The van der Waals surface area contributed by atoms with Crippen molar-refractivity contribution in [2.45, 2.75) is 0 Å². The van der Waals surface area contributed by atoms with E-state index in [9.17, 15) is 18.8 Å². The van der Waals surface area contributed by atoms with Gasteiger partial charge >= 0.3 is 0 Å². The van der Waals surface area contributed by atoms with Gasteiger partial charge in [-0.15, -0.1) is 0 Å². The number of carbonyl (C=O) groups is 3. The predicted octanol–water partition coefficient (Wildman–Crippen LogP) is 3.51. The minimum Gasteiger partial charge on any atom is -0.368 e. The fourth-order valence-corrected chi connectivity index (χ4v) is 3.34. The predicted molar refractivity (Wildman–Crippen MR) is 123 cm³/mol. The van der Waals surface area contributed by atoms with E-state index in [1.54, 1.807) is 48.5 Å². The molecule has 4 rings (SSSR count). The van der Waals surface area contributed by atoms with Gasteiger partial charge in [0.2, 0.25) is 5.91 Å². The molecule has 33 heavy (non-hydrogen) atoms. The quantitative estimate of drug-likeness (QED) is 0.424. The Bertz CT molecular complexity index is 1370. The van der Waals surface area contributed by atoms with Gasteiger partial charge in [0.15, 0.2) is 0 Å².